The molecule has 0 atom stereocenters. The highest BCUT2D eigenvalue weighted by Gasteiger charge is 2.20. The summed E-state index contributed by atoms with van der Waals surface area (Å²) in [5, 5.41) is 15.0. The number of aromatic hydroxyl groups is 1. The van der Waals surface area contributed by atoms with Gasteiger partial charge < -0.3 is 5.11 Å². The molecule has 0 spiro atoms. The van der Waals surface area contributed by atoms with E-state index < -0.39 is 0 Å². The Kier molecular flexibility index (Phi) is 3.23. The molecule has 5 nitrogen and oxygen atoms in total. The van der Waals surface area contributed by atoms with E-state index >= 15 is 0 Å². The molecular formula is C16H14N4OS. The van der Waals surface area contributed by atoms with Gasteiger partial charge in [0.1, 0.15) is 16.9 Å². The van der Waals surface area contributed by atoms with Crippen molar-refractivity contribution < 1.29 is 5.11 Å². The van der Waals surface area contributed by atoms with Crippen molar-refractivity contribution in [2.45, 2.75) is 19.3 Å². The normalized spacial score (nSPS) is 13.8. The Balaban J connectivity index is 1.66. The van der Waals surface area contributed by atoms with Crippen LogP contribution in [0.3, 0.4) is 0 Å². The van der Waals surface area contributed by atoms with Crippen LogP contribution >= 0.6 is 11.3 Å². The lowest BCUT2D eigenvalue weighted by atomic mass is 10.2. The number of aryl methyl sites for hydroxylation is 2. The standard InChI is InChI=1S/C16H14N4OS/c21-12-6-2-1-4-10(12)8-19-20-15-14-11-5-3-7-13(11)22-16(14)18-9-17-15/h1-2,4,6,8-9,21H,3,5,7H2,(H,17,18,20). The first kappa shape index (κ1) is 13.2. The molecule has 110 valence electrons. The highest BCUT2D eigenvalue weighted by molar-refractivity contribution is 7.19. The number of phenols is 1. The van der Waals surface area contributed by atoms with Crippen molar-refractivity contribution in [2.75, 3.05) is 5.43 Å². The molecule has 22 heavy (non-hydrogen) atoms. The van der Waals surface area contributed by atoms with Gasteiger partial charge in [-0.1, -0.05) is 12.1 Å². The Labute approximate surface area is 131 Å². The average molecular weight is 310 g/mol. The van der Waals surface area contributed by atoms with E-state index in [0.717, 1.165) is 28.9 Å². The second-order valence-corrected chi connectivity index (χ2v) is 6.27. The summed E-state index contributed by atoms with van der Waals surface area (Å²) in [6.45, 7) is 0. The minimum atomic E-state index is 0.206. The Hall–Kier alpha value is -2.47. The summed E-state index contributed by atoms with van der Waals surface area (Å²) < 4.78 is 0. The first-order valence-electron chi connectivity index (χ1n) is 7.15. The molecule has 0 unspecified atom stereocenters. The van der Waals surface area contributed by atoms with Crippen molar-refractivity contribution >= 4 is 33.6 Å². The van der Waals surface area contributed by atoms with E-state index in [0.29, 0.717) is 5.56 Å². The molecular weight excluding hydrogens is 296 g/mol. The van der Waals surface area contributed by atoms with E-state index in [2.05, 4.69) is 20.5 Å². The summed E-state index contributed by atoms with van der Waals surface area (Å²) in [4.78, 5) is 11.1. The quantitative estimate of drug-likeness (QED) is 0.575. The number of thiophene rings is 1. The molecule has 0 amide bonds. The monoisotopic (exact) mass is 310 g/mol. The molecule has 4 rings (SSSR count). The van der Waals surface area contributed by atoms with E-state index in [4.69, 9.17) is 0 Å². The summed E-state index contributed by atoms with van der Waals surface area (Å²) in [5.41, 5.74) is 5.02. The van der Waals surface area contributed by atoms with Crippen molar-refractivity contribution in [3.8, 4) is 5.75 Å². The van der Waals surface area contributed by atoms with Crippen LogP contribution in [0, 0.1) is 0 Å². The third-order valence-corrected chi connectivity index (χ3v) is 5.01. The molecule has 6 heteroatoms. The smallest absolute Gasteiger partial charge is 0.158 e. The maximum atomic E-state index is 9.73. The molecule has 2 heterocycles. The number of rotatable bonds is 3. The number of aromatic nitrogens is 2. The zero-order valence-corrected chi connectivity index (χ0v) is 12.6. The number of nitrogens with one attached hydrogen (secondary N) is 1. The summed E-state index contributed by atoms with van der Waals surface area (Å²) in [6, 6.07) is 7.08. The minimum absolute atomic E-state index is 0.206. The Morgan fingerprint density at radius 1 is 1.23 bits per heavy atom. The molecule has 1 aliphatic carbocycles. The lowest BCUT2D eigenvalue weighted by Crippen LogP contribution is -1.96. The fourth-order valence-corrected chi connectivity index (χ4v) is 4.00. The molecule has 0 saturated carbocycles. The third-order valence-electron chi connectivity index (χ3n) is 3.81. The van der Waals surface area contributed by atoms with Gasteiger partial charge >= 0.3 is 0 Å². The van der Waals surface area contributed by atoms with E-state index in [1.807, 2.05) is 6.07 Å². The van der Waals surface area contributed by atoms with Crippen molar-refractivity contribution in [3.05, 3.63) is 46.6 Å². The fourth-order valence-electron chi connectivity index (χ4n) is 2.77. The second kappa shape index (κ2) is 5.38. The Morgan fingerprint density at radius 3 is 3.05 bits per heavy atom. The molecule has 2 N–H and O–H groups in total. The van der Waals surface area contributed by atoms with Crippen molar-refractivity contribution in [1.82, 2.24) is 9.97 Å². The fraction of sp³-hybridized carbons (Fsp3) is 0.188. The van der Waals surface area contributed by atoms with Crippen LogP contribution in [0.4, 0.5) is 5.82 Å². The molecule has 0 fully saturated rings. The summed E-state index contributed by atoms with van der Waals surface area (Å²) in [5.74, 6) is 0.938. The maximum Gasteiger partial charge on any atom is 0.158 e. The van der Waals surface area contributed by atoms with Gasteiger partial charge in [0, 0.05) is 10.4 Å². The number of para-hydroxylation sites is 1. The van der Waals surface area contributed by atoms with E-state index in [1.54, 1.807) is 42.1 Å². The third kappa shape index (κ3) is 2.21. The molecule has 0 bridgehead atoms. The molecule has 3 aromatic rings. The minimum Gasteiger partial charge on any atom is -0.507 e. The number of phenolic OH excluding ortho intramolecular Hbond substituents is 1. The van der Waals surface area contributed by atoms with Gasteiger partial charge in [0.15, 0.2) is 5.82 Å². The van der Waals surface area contributed by atoms with Crippen molar-refractivity contribution in [2.24, 2.45) is 5.10 Å². The van der Waals surface area contributed by atoms with Crippen LogP contribution in [0.2, 0.25) is 0 Å². The summed E-state index contributed by atoms with van der Waals surface area (Å²) in [6.07, 6.45) is 6.58. The Morgan fingerprint density at radius 2 is 2.14 bits per heavy atom. The number of fused-ring (bicyclic) bond motifs is 3. The second-order valence-electron chi connectivity index (χ2n) is 5.19. The van der Waals surface area contributed by atoms with Gasteiger partial charge in [0.25, 0.3) is 0 Å². The zero-order valence-electron chi connectivity index (χ0n) is 11.8. The van der Waals surface area contributed by atoms with E-state index in [1.165, 1.54) is 16.9 Å². The van der Waals surface area contributed by atoms with Crippen molar-refractivity contribution in [1.29, 1.82) is 0 Å². The molecule has 2 aromatic heterocycles. The van der Waals surface area contributed by atoms with Crippen LogP contribution in [0.15, 0.2) is 35.7 Å². The van der Waals surface area contributed by atoms with Gasteiger partial charge in [-0.25, -0.2) is 9.97 Å². The number of nitrogens with zero attached hydrogens (tertiary/aromatic N) is 3. The first-order valence-corrected chi connectivity index (χ1v) is 7.97. The molecule has 0 saturated heterocycles. The van der Waals surface area contributed by atoms with Gasteiger partial charge in [0.2, 0.25) is 0 Å². The molecule has 0 aliphatic heterocycles. The Bertz CT molecular complexity index is 872. The number of hydrogen-bond acceptors (Lipinski definition) is 6. The maximum absolute atomic E-state index is 9.73. The van der Waals surface area contributed by atoms with Gasteiger partial charge in [0.05, 0.1) is 11.6 Å². The van der Waals surface area contributed by atoms with Gasteiger partial charge in [-0.15, -0.1) is 11.3 Å². The zero-order chi connectivity index (χ0) is 14.9. The molecule has 1 aromatic carbocycles. The predicted molar refractivity (Wildman–Crippen MR) is 88.8 cm³/mol. The van der Waals surface area contributed by atoms with Crippen LogP contribution in [0.1, 0.15) is 22.4 Å². The van der Waals surface area contributed by atoms with Gasteiger partial charge in [-0.05, 0) is 37.0 Å². The van der Waals surface area contributed by atoms with E-state index in [9.17, 15) is 5.11 Å². The molecule has 1 aliphatic rings. The van der Waals surface area contributed by atoms with Crippen molar-refractivity contribution in [3.63, 3.8) is 0 Å². The molecule has 0 radical (unpaired) electrons. The van der Waals surface area contributed by atoms with Crippen LogP contribution in [-0.2, 0) is 12.8 Å². The lowest BCUT2D eigenvalue weighted by Gasteiger charge is -2.03. The average Bonchev–Trinajstić information content (AvgIpc) is 3.10. The number of benzene rings is 1. The SMILES string of the molecule is Oc1ccccc1C=NNc1ncnc2sc3c(c12)CCC3. The summed E-state index contributed by atoms with van der Waals surface area (Å²) >= 11 is 1.75. The van der Waals surface area contributed by atoms with Gasteiger partial charge in [-0.2, -0.15) is 5.10 Å². The number of hydrogen-bond donors (Lipinski definition) is 2. The van der Waals surface area contributed by atoms with Crippen LogP contribution in [-0.4, -0.2) is 21.3 Å². The summed E-state index contributed by atoms with van der Waals surface area (Å²) in [7, 11) is 0. The number of anilines is 1. The predicted octanol–water partition coefficient (Wildman–Crippen LogP) is 3.33. The van der Waals surface area contributed by atoms with Crippen LogP contribution < -0.4 is 5.43 Å². The van der Waals surface area contributed by atoms with Crippen LogP contribution in [0.25, 0.3) is 10.2 Å². The first-order chi connectivity index (χ1) is 10.8. The number of hydrazone groups is 1. The topological polar surface area (TPSA) is 70.4 Å². The highest BCUT2D eigenvalue weighted by atomic mass is 32.1. The van der Waals surface area contributed by atoms with E-state index in [-0.39, 0.29) is 5.75 Å². The lowest BCUT2D eigenvalue weighted by molar-refractivity contribution is 0.474. The highest BCUT2D eigenvalue weighted by Crippen LogP contribution is 2.38. The largest absolute Gasteiger partial charge is 0.507 e. The van der Waals surface area contributed by atoms with Gasteiger partial charge in [-0.3, -0.25) is 5.43 Å². The van der Waals surface area contributed by atoms with Crippen LogP contribution in [0.5, 0.6) is 5.75 Å².